The van der Waals surface area contributed by atoms with Crippen molar-refractivity contribution in [1.82, 2.24) is 9.97 Å². The Labute approximate surface area is 181 Å². The van der Waals surface area contributed by atoms with Gasteiger partial charge in [-0.15, -0.1) is 0 Å². The third-order valence-corrected chi connectivity index (χ3v) is 5.61. The second-order valence-corrected chi connectivity index (χ2v) is 7.55. The lowest BCUT2D eigenvalue weighted by Gasteiger charge is -2.14. The predicted octanol–water partition coefficient (Wildman–Crippen LogP) is 5.07. The van der Waals surface area contributed by atoms with Crippen LogP contribution in [0.25, 0.3) is 22.0 Å². The molecule has 0 spiro atoms. The number of rotatable bonds is 4. The molecule has 4 aromatic rings. The number of amides is 1. The quantitative estimate of drug-likeness (QED) is 0.489. The van der Waals surface area contributed by atoms with Crippen LogP contribution in [0.15, 0.2) is 54.7 Å². The third kappa shape index (κ3) is 3.92. The van der Waals surface area contributed by atoms with Gasteiger partial charge >= 0.3 is 0 Å². The average Bonchev–Trinajstić information content (AvgIpc) is 2.77. The molecule has 6 heteroatoms. The molecule has 0 aliphatic rings. The van der Waals surface area contributed by atoms with Crippen LogP contribution in [0.4, 0.5) is 11.6 Å². The Morgan fingerprint density at radius 3 is 2.58 bits per heavy atom. The summed E-state index contributed by atoms with van der Waals surface area (Å²) in [5.41, 5.74) is 12.8. The van der Waals surface area contributed by atoms with Crippen LogP contribution in [-0.4, -0.2) is 23.0 Å². The summed E-state index contributed by atoms with van der Waals surface area (Å²) in [4.78, 5) is 21.3. The number of anilines is 2. The van der Waals surface area contributed by atoms with Crippen LogP contribution < -0.4 is 15.8 Å². The van der Waals surface area contributed by atoms with Gasteiger partial charge in [-0.25, -0.2) is 9.97 Å². The number of hydrogen-bond donors (Lipinski definition) is 2. The summed E-state index contributed by atoms with van der Waals surface area (Å²) in [5.74, 6) is 0.889. The zero-order chi connectivity index (χ0) is 22.1. The van der Waals surface area contributed by atoms with Crippen LogP contribution in [0.2, 0.25) is 0 Å². The molecule has 1 heterocycles. The number of methoxy groups -OCH3 is 1. The minimum absolute atomic E-state index is 0.161. The van der Waals surface area contributed by atoms with E-state index in [1.165, 1.54) is 0 Å². The van der Waals surface area contributed by atoms with Crippen LogP contribution in [0.5, 0.6) is 5.75 Å². The monoisotopic (exact) mass is 412 g/mol. The summed E-state index contributed by atoms with van der Waals surface area (Å²) in [7, 11) is 1.64. The highest BCUT2D eigenvalue weighted by atomic mass is 16.5. The van der Waals surface area contributed by atoms with E-state index in [1.807, 2.05) is 69.3 Å². The zero-order valence-electron chi connectivity index (χ0n) is 18.0. The molecule has 156 valence electrons. The number of nitrogens with zero attached hydrogens (tertiary/aromatic N) is 2. The van der Waals surface area contributed by atoms with E-state index in [4.69, 9.17) is 10.5 Å². The molecule has 6 nitrogen and oxygen atoms in total. The highest BCUT2D eigenvalue weighted by Crippen LogP contribution is 2.30. The Kier molecular flexibility index (Phi) is 5.29. The van der Waals surface area contributed by atoms with Crippen molar-refractivity contribution in [2.75, 3.05) is 18.2 Å². The molecule has 3 aromatic carbocycles. The fraction of sp³-hybridized carbons (Fsp3) is 0.160. The van der Waals surface area contributed by atoms with Gasteiger partial charge in [0.2, 0.25) is 5.95 Å². The van der Waals surface area contributed by atoms with Gasteiger partial charge in [-0.2, -0.15) is 0 Å². The smallest absolute Gasteiger partial charge is 0.255 e. The van der Waals surface area contributed by atoms with Gasteiger partial charge in [0.05, 0.1) is 12.6 Å². The lowest BCUT2D eigenvalue weighted by molar-refractivity contribution is 0.102. The first-order chi connectivity index (χ1) is 14.9. The fourth-order valence-electron chi connectivity index (χ4n) is 3.64. The summed E-state index contributed by atoms with van der Waals surface area (Å²) < 4.78 is 5.36. The summed E-state index contributed by atoms with van der Waals surface area (Å²) in [6.45, 7) is 5.97. The minimum Gasteiger partial charge on any atom is -0.496 e. The van der Waals surface area contributed by atoms with Gasteiger partial charge in [-0.3, -0.25) is 4.79 Å². The van der Waals surface area contributed by atoms with Gasteiger partial charge in [0.15, 0.2) is 0 Å². The van der Waals surface area contributed by atoms with Crippen molar-refractivity contribution in [2.45, 2.75) is 20.8 Å². The molecular formula is C25H24N4O2. The van der Waals surface area contributed by atoms with E-state index in [2.05, 4.69) is 15.3 Å². The summed E-state index contributed by atoms with van der Waals surface area (Å²) in [6, 6.07) is 15.3. The predicted molar refractivity (Wildman–Crippen MR) is 125 cm³/mol. The molecule has 1 amide bonds. The number of nitrogen functional groups attached to an aromatic ring is 1. The van der Waals surface area contributed by atoms with Gasteiger partial charge < -0.3 is 15.8 Å². The van der Waals surface area contributed by atoms with Gasteiger partial charge in [0.25, 0.3) is 5.91 Å². The standard InChI is InChI=1S/C25H24N4O2/c1-14-5-6-18(24(30)28-21-9-10-23(31-4)16(3)15(21)2)12-20(14)17-7-8-22-19(11-17)13-27-25(26)29-22/h5-13H,1-4H3,(H,28,30)(H2,26,27,29). The average molecular weight is 412 g/mol. The van der Waals surface area contributed by atoms with E-state index in [-0.39, 0.29) is 11.9 Å². The Hall–Kier alpha value is -3.93. The van der Waals surface area contributed by atoms with Gasteiger partial charge in [0.1, 0.15) is 5.75 Å². The molecule has 3 N–H and O–H groups in total. The van der Waals surface area contributed by atoms with E-state index in [1.54, 1.807) is 13.3 Å². The van der Waals surface area contributed by atoms with Crippen LogP contribution in [-0.2, 0) is 0 Å². The first-order valence-electron chi connectivity index (χ1n) is 9.96. The summed E-state index contributed by atoms with van der Waals surface area (Å²) in [6.07, 6.45) is 1.71. The maximum Gasteiger partial charge on any atom is 0.255 e. The van der Waals surface area contributed by atoms with Crippen molar-refractivity contribution in [3.8, 4) is 16.9 Å². The molecule has 0 saturated carbocycles. The molecule has 0 radical (unpaired) electrons. The number of nitrogens with two attached hydrogens (primary N) is 1. The molecule has 1 aromatic heterocycles. The van der Waals surface area contributed by atoms with Gasteiger partial charge in [-0.1, -0.05) is 12.1 Å². The van der Waals surface area contributed by atoms with Gasteiger partial charge in [-0.05, 0) is 85.0 Å². The van der Waals surface area contributed by atoms with E-state index in [9.17, 15) is 4.79 Å². The van der Waals surface area contributed by atoms with Crippen molar-refractivity contribution >= 4 is 28.4 Å². The minimum atomic E-state index is -0.161. The lowest BCUT2D eigenvalue weighted by atomic mass is 9.96. The Balaban J connectivity index is 1.67. The topological polar surface area (TPSA) is 90.1 Å². The van der Waals surface area contributed by atoms with Crippen LogP contribution in [0.1, 0.15) is 27.0 Å². The second-order valence-electron chi connectivity index (χ2n) is 7.55. The van der Waals surface area contributed by atoms with Crippen molar-refractivity contribution < 1.29 is 9.53 Å². The molecule has 31 heavy (non-hydrogen) atoms. The maximum absolute atomic E-state index is 13.0. The van der Waals surface area contributed by atoms with Crippen LogP contribution in [0.3, 0.4) is 0 Å². The molecule has 0 aliphatic heterocycles. The fourth-order valence-corrected chi connectivity index (χ4v) is 3.64. The largest absolute Gasteiger partial charge is 0.496 e. The molecule has 0 saturated heterocycles. The molecule has 0 bridgehead atoms. The van der Waals surface area contributed by atoms with E-state index in [0.29, 0.717) is 5.56 Å². The highest BCUT2D eigenvalue weighted by molar-refractivity contribution is 6.05. The van der Waals surface area contributed by atoms with Crippen molar-refractivity contribution in [1.29, 1.82) is 0 Å². The number of aromatic nitrogens is 2. The molecular weight excluding hydrogens is 388 g/mol. The summed E-state index contributed by atoms with van der Waals surface area (Å²) in [5, 5.41) is 3.92. The maximum atomic E-state index is 13.0. The van der Waals surface area contributed by atoms with E-state index in [0.717, 1.165) is 50.2 Å². The number of hydrogen-bond acceptors (Lipinski definition) is 5. The lowest BCUT2D eigenvalue weighted by Crippen LogP contribution is -2.13. The molecule has 0 unspecified atom stereocenters. The molecule has 4 rings (SSSR count). The van der Waals surface area contributed by atoms with Crippen molar-refractivity contribution in [2.24, 2.45) is 0 Å². The number of fused-ring (bicyclic) bond motifs is 1. The van der Waals surface area contributed by atoms with Crippen LogP contribution >= 0.6 is 0 Å². The molecule has 0 fully saturated rings. The van der Waals surface area contributed by atoms with Crippen molar-refractivity contribution in [3.63, 3.8) is 0 Å². The Morgan fingerprint density at radius 2 is 1.81 bits per heavy atom. The first-order valence-corrected chi connectivity index (χ1v) is 9.96. The first kappa shape index (κ1) is 20.3. The zero-order valence-corrected chi connectivity index (χ0v) is 18.0. The summed E-state index contributed by atoms with van der Waals surface area (Å²) >= 11 is 0. The van der Waals surface area contributed by atoms with E-state index >= 15 is 0 Å². The third-order valence-electron chi connectivity index (χ3n) is 5.61. The number of aryl methyl sites for hydroxylation is 1. The molecule has 0 atom stereocenters. The van der Waals surface area contributed by atoms with Gasteiger partial charge in [0, 0.05) is 22.8 Å². The Bertz CT molecular complexity index is 1310. The van der Waals surface area contributed by atoms with Crippen LogP contribution in [0, 0.1) is 20.8 Å². The number of carbonyl (C=O) groups excluding carboxylic acids is 1. The number of benzene rings is 3. The van der Waals surface area contributed by atoms with Crippen molar-refractivity contribution in [3.05, 3.63) is 77.0 Å². The molecule has 0 aliphatic carbocycles. The van der Waals surface area contributed by atoms with E-state index < -0.39 is 0 Å². The number of nitrogens with one attached hydrogen (secondary N) is 1. The normalized spacial score (nSPS) is 10.8. The number of ether oxygens (including phenoxy) is 1. The number of carbonyl (C=O) groups is 1. The highest BCUT2D eigenvalue weighted by Gasteiger charge is 2.13. The second kappa shape index (κ2) is 8.07. The SMILES string of the molecule is COc1ccc(NC(=O)c2ccc(C)c(-c3ccc4nc(N)ncc4c3)c2)c(C)c1C. The Morgan fingerprint density at radius 1 is 1.00 bits per heavy atom.